The molecule has 15 heteroatoms. The number of thiazole rings is 1. The summed E-state index contributed by atoms with van der Waals surface area (Å²) >= 11 is 1.15. The normalized spacial score (nSPS) is 20.3. The van der Waals surface area contributed by atoms with Crippen LogP contribution in [-0.4, -0.2) is 80.6 Å². The maximum atomic E-state index is 14.5. The first-order chi connectivity index (χ1) is 21.2. The number of amides is 4. The Kier molecular flexibility index (Phi) is 6.93. The molecule has 1 saturated carbocycles. The summed E-state index contributed by atoms with van der Waals surface area (Å²) in [6.07, 6.45) is 8.62. The Labute approximate surface area is 254 Å². The molecule has 2 saturated heterocycles. The Morgan fingerprint density at radius 3 is 2.80 bits per heavy atom. The van der Waals surface area contributed by atoms with Crippen LogP contribution in [0.15, 0.2) is 36.9 Å². The SMILES string of the molecule is COc1ccnc(CNC(=O)c2cnc(N3C[C@@H](O)C[C@@H]3c3cn4cc(C5CC5)cc(N5CC(=O)N(C)C5=O)c4n3)s2)c1F. The largest absolute Gasteiger partial charge is 0.494 e. The zero-order chi connectivity index (χ0) is 30.7. The third-order valence-corrected chi connectivity index (χ3v) is 9.28. The number of imide groups is 1. The van der Waals surface area contributed by atoms with Crippen molar-refractivity contribution < 1.29 is 28.6 Å². The molecule has 0 unspecified atom stereocenters. The van der Waals surface area contributed by atoms with Crippen molar-refractivity contribution in [1.82, 2.24) is 29.6 Å². The van der Waals surface area contributed by atoms with Gasteiger partial charge in [-0.3, -0.25) is 24.4 Å². The summed E-state index contributed by atoms with van der Waals surface area (Å²) in [5, 5.41) is 13.9. The molecule has 1 aliphatic carbocycles. The molecule has 13 nitrogen and oxygen atoms in total. The number of hydrogen-bond donors (Lipinski definition) is 2. The van der Waals surface area contributed by atoms with Gasteiger partial charge in [-0.15, -0.1) is 0 Å². The van der Waals surface area contributed by atoms with E-state index in [0.717, 1.165) is 34.6 Å². The minimum atomic E-state index is -0.652. The van der Waals surface area contributed by atoms with Gasteiger partial charge in [-0.1, -0.05) is 11.3 Å². The highest BCUT2D eigenvalue weighted by molar-refractivity contribution is 7.17. The lowest BCUT2D eigenvalue weighted by atomic mass is 10.1. The Morgan fingerprint density at radius 2 is 2.07 bits per heavy atom. The second-order valence-corrected chi connectivity index (χ2v) is 12.2. The summed E-state index contributed by atoms with van der Waals surface area (Å²) in [6.45, 7) is 0.101. The van der Waals surface area contributed by atoms with Crippen molar-refractivity contribution in [3.63, 3.8) is 0 Å². The van der Waals surface area contributed by atoms with Crippen molar-refractivity contribution in [3.8, 4) is 5.75 Å². The van der Waals surface area contributed by atoms with Gasteiger partial charge in [0.2, 0.25) is 5.91 Å². The molecule has 2 aliphatic heterocycles. The number of β-amino-alcohol motifs (C(OH)–C–C–N with tert-alkyl or cyclic N) is 1. The number of carbonyl (C=O) groups is 3. The fourth-order valence-electron chi connectivity index (χ4n) is 5.71. The Balaban J connectivity index is 1.15. The smallest absolute Gasteiger partial charge is 0.331 e. The highest BCUT2D eigenvalue weighted by atomic mass is 32.1. The molecule has 0 bridgehead atoms. The summed E-state index contributed by atoms with van der Waals surface area (Å²) in [7, 11) is 2.83. The third kappa shape index (κ3) is 4.91. The number of pyridine rings is 2. The number of ether oxygens (including phenoxy) is 1. The zero-order valence-electron chi connectivity index (χ0n) is 23.9. The number of urea groups is 1. The van der Waals surface area contributed by atoms with E-state index in [1.807, 2.05) is 27.8 Å². The lowest BCUT2D eigenvalue weighted by molar-refractivity contribution is -0.123. The predicted molar refractivity (Wildman–Crippen MR) is 157 cm³/mol. The number of fused-ring (bicyclic) bond motifs is 1. The number of aliphatic hydroxyl groups is 1. The molecule has 2 atom stereocenters. The van der Waals surface area contributed by atoms with Crippen LogP contribution in [0.2, 0.25) is 0 Å². The van der Waals surface area contributed by atoms with E-state index < -0.39 is 23.9 Å². The molecular formula is C29H29FN8O5S. The lowest BCUT2D eigenvalue weighted by Crippen LogP contribution is -2.30. The summed E-state index contributed by atoms with van der Waals surface area (Å²) in [4.78, 5) is 56.3. The van der Waals surface area contributed by atoms with E-state index in [2.05, 4.69) is 15.3 Å². The molecular weight excluding hydrogens is 591 g/mol. The summed E-state index contributed by atoms with van der Waals surface area (Å²) in [6, 6.07) is 2.61. The number of hydrogen-bond acceptors (Lipinski definition) is 10. The number of carbonyl (C=O) groups excluding carboxylic acids is 3. The monoisotopic (exact) mass is 620 g/mol. The van der Waals surface area contributed by atoms with Gasteiger partial charge in [0.1, 0.15) is 11.4 Å². The molecule has 0 radical (unpaired) electrons. The zero-order valence-corrected chi connectivity index (χ0v) is 24.8. The van der Waals surface area contributed by atoms with Crippen LogP contribution in [0.3, 0.4) is 0 Å². The molecule has 4 aromatic rings. The van der Waals surface area contributed by atoms with E-state index >= 15 is 0 Å². The molecule has 0 aromatic carbocycles. The Hall–Kier alpha value is -4.63. The highest BCUT2D eigenvalue weighted by Crippen LogP contribution is 2.43. The number of rotatable bonds is 8. The third-order valence-electron chi connectivity index (χ3n) is 8.24. The first kappa shape index (κ1) is 28.2. The van der Waals surface area contributed by atoms with Gasteiger partial charge in [0.05, 0.1) is 49.1 Å². The van der Waals surface area contributed by atoms with Crippen molar-refractivity contribution in [3.05, 3.63) is 64.6 Å². The second-order valence-electron chi connectivity index (χ2n) is 11.2. The van der Waals surface area contributed by atoms with Gasteiger partial charge in [0.15, 0.2) is 22.3 Å². The van der Waals surface area contributed by atoms with Crippen LogP contribution in [0, 0.1) is 5.82 Å². The fourth-order valence-corrected chi connectivity index (χ4v) is 6.60. The standard InChI is InChI=1S/C29H29FN8O5S/c1-35-24(40)14-38(29(35)42)21-7-16(15-3-4-15)11-36-13-19(34-26(21)36)20-8-17(39)12-37(20)28-33-10-23(44-28)27(41)32-9-18-25(30)22(43-2)5-6-31-18/h5-7,10-11,13,15,17,20,39H,3-4,8-9,12,14H2,1-2H3,(H,32,41)/t17-,20+/m0/s1. The van der Waals surface area contributed by atoms with Crippen LogP contribution in [0.1, 0.15) is 57.8 Å². The van der Waals surface area contributed by atoms with E-state index in [4.69, 9.17) is 9.72 Å². The number of anilines is 2. The lowest BCUT2D eigenvalue weighted by Gasteiger charge is -2.21. The van der Waals surface area contributed by atoms with E-state index in [1.165, 1.54) is 37.5 Å². The quantitative estimate of drug-likeness (QED) is 0.284. The van der Waals surface area contributed by atoms with E-state index in [9.17, 15) is 23.9 Å². The van der Waals surface area contributed by atoms with Crippen molar-refractivity contribution in [1.29, 1.82) is 0 Å². The topological polar surface area (TPSA) is 146 Å². The predicted octanol–water partition coefficient (Wildman–Crippen LogP) is 2.85. The molecule has 0 spiro atoms. The van der Waals surface area contributed by atoms with Gasteiger partial charge >= 0.3 is 6.03 Å². The first-order valence-electron chi connectivity index (χ1n) is 14.2. The average Bonchev–Trinajstić information content (AvgIpc) is 3.30. The van der Waals surface area contributed by atoms with Crippen molar-refractivity contribution >= 4 is 45.6 Å². The molecule has 3 fully saturated rings. The van der Waals surface area contributed by atoms with E-state index in [1.54, 1.807) is 0 Å². The molecule has 4 amide bonds. The summed E-state index contributed by atoms with van der Waals surface area (Å²) in [5.74, 6) is -0.916. The van der Waals surface area contributed by atoms with Gasteiger partial charge in [-0.05, 0) is 30.4 Å². The average molecular weight is 621 g/mol. The number of imidazole rings is 1. The number of nitrogens with zero attached hydrogens (tertiary/aromatic N) is 7. The van der Waals surface area contributed by atoms with Crippen LogP contribution >= 0.6 is 11.3 Å². The van der Waals surface area contributed by atoms with E-state index in [-0.39, 0.29) is 43.0 Å². The number of halogens is 1. The second kappa shape index (κ2) is 10.8. The molecule has 4 aromatic heterocycles. The van der Waals surface area contributed by atoms with E-state index in [0.29, 0.717) is 39.4 Å². The minimum absolute atomic E-state index is 0.0404. The van der Waals surface area contributed by atoms with Gasteiger partial charge < -0.3 is 24.5 Å². The first-order valence-corrected chi connectivity index (χ1v) is 15.0. The number of methoxy groups -OCH3 is 1. The fraction of sp³-hybridized carbons (Fsp3) is 0.379. The van der Waals surface area contributed by atoms with Crippen LogP contribution in [0.5, 0.6) is 5.75 Å². The van der Waals surface area contributed by atoms with Gasteiger partial charge in [-0.25, -0.2) is 19.2 Å². The summed E-state index contributed by atoms with van der Waals surface area (Å²) in [5.41, 5.74) is 2.91. The molecule has 2 N–H and O–H groups in total. The Morgan fingerprint density at radius 1 is 1.25 bits per heavy atom. The Bertz CT molecular complexity index is 1810. The van der Waals surface area contributed by atoms with Gasteiger partial charge in [0.25, 0.3) is 5.91 Å². The molecule has 44 heavy (non-hydrogen) atoms. The maximum Gasteiger partial charge on any atom is 0.331 e. The number of nitrogens with one attached hydrogen (secondary N) is 1. The number of aliphatic hydroxyl groups excluding tert-OH is 1. The van der Waals surface area contributed by atoms with Crippen LogP contribution in [0.4, 0.5) is 20.0 Å². The van der Waals surface area contributed by atoms with Crippen molar-refractivity contribution in [2.24, 2.45) is 0 Å². The minimum Gasteiger partial charge on any atom is -0.494 e. The highest BCUT2D eigenvalue weighted by Gasteiger charge is 2.39. The number of aromatic nitrogens is 4. The van der Waals surface area contributed by atoms with Crippen molar-refractivity contribution in [2.75, 3.05) is 37.0 Å². The van der Waals surface area contributed by atoms with Gasteiger partial charge in [-0.2, -0.15) is 0 Å². The van der Waals surface area contributed by atoms with Crippen LogP contribution < -0.4 is 19.9 Å². The molecule has 228 valence electrons. The molecule has 7 rings (SSSR count). The molecule has 6 heterocycles. The van der Waals surface area contributed by atoms with Crippen molar-refractivity contribution in [2.45, 2.75) is 43.9 Å². The van der Waals surface area contributed by atoms with Gasteiger partial charge in [0, 0.05) is 44.7 Å². The molecule has 3 aliphatic rings. The van der Waals surface area contributed by atoms with Crippen LogP contribution in [-0.2, 0) is 11.3 Å². The maximum absolute atomic E-state index is 14.5. The van der Waals surface area contributed by atoms with Crippen LogP contribution in [0.25, 0.3) is 5.65 Å². The summed E-state index contributed by atoms with van der Waals surface area (Å²) < 4.78 is 21.3. The number of likely N-dealkylation sites (N-methyl/N-ethyl adjacent to an activating group) is 1.